The summed E-state index contributed by atoms with van der Waals surface area (Å²) in [6.45, 7) is 0.979. The zero-order valence-corrected chi connectivity index (χ0v) is 16.3. The van der Waals surface area contributed by atoms with E-state index >= 15 is 0 Å². The molecule has 7 nitrogen and oxygen atoms in total. The highest BCUT2D eigenvalue weighted by Crippen LogP contribution is 2.31. The third-order valence-electron chi connectivity index (χ3n) is 5.39. The number of rotatable bonds is 6. The van der Waals surface area contributed by atoms with Crippen LogP contribution in [-0.4, -0.2) is 47.4 Å². The minimum Gasteiger partial charge on any atom is -0.486 e. The maximum Gasteiger partial charge on any atom is 0.252 e. The number of carbonyl (C=O) groups is 1. The van der Waals surface area contributed by atoms with E-state index in [4.69, 9.17) is 9.47 Å². The van der Waals surface area contributed by atoms with Crippen LogP contribution in [0.3, 0.4) is 0 Å². The van der Waals surface area contributed by atoms with E-state index in [0.717, 1.165) is 43.0 Å². The minimum atomic E-state index is -0.174. The van der Waals surface area contributed by atoms with Crippen molar-refractivity contribution in [3.8, 4) is 11.5 Å². The van der Waals surface area contributed by atoms with E-state index in [1.807, 2.05) is 30.3 Å². The number of para-hydroxylation sites is 2. The lowest BCUT2D eigenvalue weighted by atomic mass is 9.93. The van der Waals surface area contributed by atoms with Crippen molar-refractivity contribution in [2.24, 2.45) is 0 Å². The number of aliphatic hydroxyl groups excluding tert-OH is 1. The van der Waals surface area contributed by atoms with Gasteiger partial charge in [0.2, 0.25) is 0 Å². The number of hydrogen-bond donors (Lipinski definition) is 3. The number of pyridine rings is 1. The largest absolute Gasteiger partial charge is 0.486 e. The molecule has 0 spiro atoms. The average molecular weight is 397 g/mol. The van der Waals surface area contributed by atoms with E-state index < -0.39 is 0 Å². The first kappa shape index (κ1) is 19.5. The van der Waals surface area contributed by atoms with Gasteiger partial charge in [-0.3, -0.25) is 4.79 Å². The fraction of sp³-hybridized carbons (Fsp3) is 0.455. The second kappa shape index (κ2) is 9.13. The Kier molecular flexibility index (Phi) is 6.14. The van der Waals surface area contributed by atoms with Crippen molar-refractivity contribution in [3.05, 3.63) is 48.2 Å². The van der Waals surface area contributed by atoms with Gasteiger partial charge in [0.25, 0.3) is 5.91 Å². The lowest BCUT2D eigenvalue weighted by Gasteiger charge is -2.26. The molecule has 1 aliphatic heterocycles. The first-order chi connectivity index (χ1) is 14.2. The van der Waals surface area contributed by atoms with Gasteiger partial charge >= 0.3 is 0 Å². The third kappa shape index (κ3) is 5.17. The molecule has 1 amide bonds. The fourth-order valence-electron chi connectivity index (χ4n) is 3.70. The Bertz CT molecular complexity index is 819. The van der Waals surface area contributed by atoms with Crippen molar-refractivity contribution in [1.29, 1.82) is 0 Å². The van der Waals surface area contributed by atoms with Gasteiger partial charge in [-0.15, -0.1) is 0 Å². The maximum atomic E-state index is 12.4. The number of benzene rings is 1. The van der Waals surface area contributed by atoms with Crippen molar-refractivity contribution in [1.82, 2.24) is 10.3 Å². The van der Waals surface area contributed by atoms with Crippen LogP contribution >= 0.6 is 0 Å². The van der Waals surface area contributed by atoms with E-state index in [1.165, 1.54) is 0 Å². The topological polar surface area (TPSA) is 92.7 Å². The van der Waals surface area contributed by atoms with Crippen molar-refractivity contribution in [2.75, 3.05) is 18.5 Å². The second-order valence-corrected chi connectivity index (χ2v) is 7.62. The van der Waals surface area contributed by atoms with Gasteiger partial charge in [0.05, 0.1) is 11.7 Å². The van der Waals surface area contributed by atoms with Gasteiger partial charge < -0.3 is 25.2 Å². The van der Waals surface area contributed by atoms with Crippen molar-refractivity contribution >= 4 is 11.7 Å². The van der Waals surface area contributed by atoms with Gasteiger partial charge in [-0.1, -0.05) is 12.1 Å². The molecule has 1 aromatic carbocycles. The molecule has 1 atom stereocenters. The summed E-state index contributed by atoms with van der Waals surface area (Å²) in [5, 5.41) is 15.9. The molecule has 2 aromatic rings. The van der Waals surface area contributed by atoms with Gasteiger partial charge in [-0.2, -0.15) is 0 Å². The molecule has 1 saturated carbocycles. The molecule has 29 heavy (non-hydrogen) atoms. The summed E-state index contributed by atoms with van der Waals surface area (Å²) in [6.07, 6.45) is 5.51. The molecular weight excluding hydrogens is 370 g/mol. The zero-order valence-electron chi connectivity index (χ0n) is 16.3. The number of carbonyl (C=O) groups excluding carboxylic acids is 1. The van der Waals surface area contributed by atoms with Crippen LogP contribution in [0.2, 0.25) is 0 Å². The Morgan fingerprint density at radius 1 is 1.10 bits per heavy atom. The molecule has 1 aliphatic carbocycles. The van der Waals surface area contributed by atoms with Crippen LogP contribution in [0.4, 0.5) is 5.82 Å². The number of nitrogens with one attached hydrogen (secondary N) is 2. The van der Waals surface area contributed by atoms with Crippen LogP contribution in [0.1, 0.15) is 42.5 Å². The van der Waals surface area contributed by atoms with Crippen LogP contribution in [0.5, 0.6) is 11.5 Å². The van der Waals surface area contributed by atoms with Crippen LogP contribution < -0.4 is 20.1 Å². The number of fused-ring (bicyclic) bond motifs is 1. The van der Waals surface area contributed by atoms with Crippen LogP contribution in [0.25, 0.3) is 0 Å². The number of aromatic nitrogens is 1. The summed E-state index contributed by atoms with van der Waals surface area (Å²) >= 11 is 0. The molecule has 0 saturated heterocycles. The summed E-state index contributed by atoms with van der Waals surface area (Å²) < 4.78 is 11.6. The van der Waals surface area contributed by atoms with E-state index in [0.29, 0.717) is 31.2 Å². The number of hydrogen-bond acceptors (Lipinski definition) is 6. The normalized spacial score (nSPS) is 23.3. The van der Waals surface area contributed by atoms with Gasteiger partial charge in [-0.25, -0.2) is 4.98 Å². The lowest BCUT2D eigenvalue weighted by molar-refractivity contribution is 0.0812. The molecular formula is C22H27N3O4. The van der Waals surface area contributed by atoms with Crippen LogP contribution in [0.15, 0.2) is 42.6 Å². The highest BCUT2D eigenvalue weighted by molar-refractivity contribution is 5.94. The summed E-state index contributed by atoms with van der Waals surface area (Å²) in [5.74, 6) is 2.11. The van der Waals surface area contributed by atoms with E-state index in [9.17, 15) is 9.90 Å². The number of anilines is 1. The Morgan fingerprint density at radius 2 is 1.90 bits per heavy atom. The van der Waals surface area contributed by atoms with Crippen molar-refractivity contribution in [2.45, 2.75) is 50.4 Å². The van der Waals surface area contributed by atoms with Crippen LogP contribution in [0, 0.1) is 0 Å². The Balaban J connectivity index is 1.21. The lowest BCUT2D eigenvalue weighted by Crippen LogP contribution is -2.34. The summed E-state index contributed by atoms with van der Waals surface area (Å²) in [7, 11) is 0. The van der Waals surface area contributed by atoms with E-state index in [-0.39, 0.29) is 18.1 Å². The standard InChI is InChI=1S/C22H27N3O4/c26-17-8-6-16(7-9-17)25-21-10-5-15(13-24-21)22(27)23-12-11-18-14-28-19-3-1-2-4-20(19)29-18/h1-5,10,13,16-18,26H,6-9,11-12,14H2,(H,23,27)(H,24,25)/t16?,17?,18-/m1/s1. The Morgan fingerprint density at radius 3 is 2.66 bits per heavy atom. The molecule has 2 aliphatic rings. The molecule has 0 bridgehead atoms. The van der Waals surface area contributed by atoms with Gasteiger partial charge in [0.15, 0.2) is 11.5 Å². The van der Waals surface area contributed by atoms with Crippen LogP contribution in [-0.2, 0) is 0 Å². The van der Waals surface area contributed by atoms with Crippen molar-refractivity contribution < 1.29 is 19.4 Å². The first-order valence-corrected chi connectivity index (χ1v) is 10.2. The highest BCUT2D eigenvalue weighted by Gasteiger charge is 2.21. The first-order valence-electron chi connectivity index (χ1n) is 10.2. The molecule has 154 valence electrons. The number of amides is 1. The molecule has 3 N–H and O–H groups in total. The Labute approximate surface area is 170 Å². The third-order valence-corrected chi connectivity index (χ3v) is 5.39. The molecule has 1 aromatic heterocycles. The van der Waals surface area contributed by atoms with Gasteiger partial charge in [-0.05, 0) is 49.9 Å². The van der Waals surface area contributed by atoms with Crippen molar-refractivity contribution in [3.63, 3.8) is 0 Å². The molecule has 0 unspecified atom stereocenters. The maximum absolute atomic E-state index is 12.4. The summed E-state index contributed by atoms with van der Waals surface area (Å²) in [6, 6.07) is 11.5. The predicted octanol–water partition coefficient (Wildman–Crippen LogP) is 2.76. The SMILES string of the molecule is O=C(NCC[C@@H]1COc2ccccc2O1)c1ccc(NC2CCC(O)CC2)nc1. The molecule has 1 fully saturated rings. The number of nitrogens with zero attached hydrogens (tertiary/aromatic N) is 1. The van der Waals surface area contributed by atoms with E-state index in [1.54, 1.807) is 12.3 Å². The average Bonchev–Trinajstić information content (AvgIpc) is 2.76. The smallest absolute Gasteiger partial charge is 0.252 e. The second-order valence-electron chi connectivity index (χ2n) is 7.62. The number of ether oxygens (including phenoxy) is 2. The van der Waals surface area contributed by atoms with Gasteiger partial charge in [0, 0.05) is 25.2 Å². The number of aliphatic hydroxyl groups is 1. The minimum absolute atomic E-state index is 0.0797. The predicted molar refractivity (Wildman–Crippen MR) is 109 cm³/mol. The Hall–Kier alpha value is -2.80. The monoisotopic (exact) mass is 397 g/mol. The van der Waals surface area contributed by atoms with E-state index in [2.05, 4.69) is 15.6 Å². The summed E-state index contributed by atoms with van der Waals surface area (Å²) in [5.41, 5.74) is 0.528. The molecule has 0 radical (unpaired) electrons. The van der Waals surface area contributed by atoms with Gasteiger partial charge in [0.1, 0.15) is 18.5 Å². The zero-order chi connectivity index (χ0) is 20.1. The summed E-state index contributed by atoms with van der Waals surface area (Å²) in [4.78, 5) is 16.7. The fourth-order valence-corrected chi connectivity index (χ4v) is 3.70. The molecule has 7 heteroatoms. The highest BCUT2D eigenvalue weighted by atomic mass is 16.6. The molecule has 4 rings (SSSR count). The molecule has 2 heterocycles. The quantitative estimate of drug-likeness (QED) is 0.694.